The largest absolute Gasteiger partial charge is 0.348 e. The zero-order chi connectivity index (χ0) is 12.1. The smallest absolute Gasteiger partial charge is 0.110 e. The summed E-state index contributed by atoms with van der Waals surface area (Å²) in [6.07, 6.45) is 11.2. The Balaban J connectivity index is 1.64. The standard InChI is InChI=1S/C15H23N3/c16-8-13(15-17-1-2-18-15)14-11-4-9-3-10(6-11)7-12(14)5-9/h1-2,9-14H,3-8,16H2,(H,17,18). The van der Waals surface area contributed by atoms with E-state index in [1.54, 1.807) is 0 Å². The van der Waals surface area contributed by atoms with Crippen molar-refractivity contribution in [2.45, 2.75) is 38.0 Å². The number of hydrogen-bond acceptors (Lipinski definition) is 2. The van der Waals surface area contributed by atoms with Crippen LogP contribution in [-0.2, 0) is 0 Å². The van der Waals surface area contributed by atoms with E-state index in [9.17, 15) is 0 Å². The van der Waals surface area contributed by atoms with Crippen LogP contribution in [0.1, 0.15) is 43.8 Å². The van der Waals surface area contributed by atoms with E-state index in [1.807, 2.05) is 12.4 Å². The van der Waals surface area contributed by atoms with Gasteiger partial charge in [0.1, 0.15) is 5.82 Å². The number of nitrogens with zero attached hydrogens (tertiary/aromatic N) is 1. The molecule has 4 fully saturated rings. The summed E-state index contributed by atoms with van der Waals surface area (Å²) >= 11 is 0. The molecular formula is C15H23N3. The van der Waals surface area contributed by atoms with E-state index >= 15 is 0 Å². The zero-order valence-corrected chi connectivity index (χ0v) is 10.9. The first-order chi connectivity index (χ1) is 8.85. The van der Waals surface area contributed by atoms with Crippen LogP contribution in [0.2, 0.25) is 0 Å². The Morgan fingerprint density at radius 1 is 1.17 bits per heavy atom. The molecule has 3 N–H and O–H groups in total. The molecule has 4 aliphatic rings. The number of nitrogens with two attached hydrogens (primary N) is 1. The number of rotatable bonds is 3. The van der Waals surface area contributed by atoms with Gasteiger partial charge in [-0.2, -0.15) is 0 Å². The minimum Gasteiger partial charge on any atom is -0.348 e. The Bertz CT molecular complexity index is 383. The van der Waals surface area contributed by atoms with Crippen molar-refractivity contribution in [1.29, 1.82) is 0 Å². The lowest BCUT2D eigenvalue weighted by molar-refractivity contribution is -0.0477. The first kappa shape index (κ1) is 11.0. The molecule has 0 aromatic carbocycles. The quantitative estimate of drug-likeness (QED) is 0.859. The predicted octanol–water partition coefficient (Wildman–Crippen LogP) is 2.52. The molecule has 18 heavy (non-hydrogen) atoms. The fourth-order valence-electron chi connectivity index (χ4n) is 5.56. The molecule has 0 aliphatic heterocycles. The molecule has 0 saturated heterocycles. The molecule has 5 rings (SSSR count). The van der Waals surface area contributed by atoms with Crippen molar-refractivity contribution in [2.24, 2.45) is 35.3 Å². The van der Waals surface area contributed by atoms with Crippen LogP contribution >= 0.6 is 0 Å². The van der Waals surface area contributed by atoms with Crippen molar-refractivity contribution in [1.82, 2.24) is 9.97 Å². The normalized spacial score (nSPS) is 43.3. The van der Waals surface area contributed by atoms with Crippen molar-refractivity contribution in [3.05, 3.63) is 18.2 Å². The van der Waals surface area contributed by atoms with E-state index in [0.717, 1.165) is 42.0 Å². The van der Waals surface area contributed by atoms with Crippen LogP contribution in [0.5, 0.6) is 0 Å². The summed E-state index contributed by atoms with van der Waals surface area (Å²) in [6.45, 7) is 0.751. The Labute approximate surface area is 109 Å². The number of aromatic amines is 1. The fraction of sp³-hybridized carbons (Fsp3) is 0.800. The van der Waals surface area contributed by atoms with Gasteiger partial charge in [0.15, 0.2) is 0 Å². The molecule has 3 heteroatoms. The third kappa shape index (κ3) is 1.56. The predicted molar refractivity (Wildman–Crippen MR) is 70.9 cm³/mol. The van der Waals surface area contributed by atoms with Gasteiger partial charge in [0.2, 0.25) is 0 Å². The van der Waals surface area contributed by atoms with Gasteiger partial charge < -0.3 is 10.7 Å². The first-order valence-corrected chi connectivity index (χ1v) is 7.54. The van der Waals surface area contributed by atoms with Gasteiger partial charge in [-0.25, -0.2) is 4.98 Å². The average molecular weight is 245 g/mol. The molecule has 0 radical (unpaired) electrons. The second kappa shape index (κ2) is 4.09. The number of aromatic nitrogens is 2. The SMILES string of the molecule is NCC(c1ncc[nH]1)C1C2CC3CC(C2)CC1C3. The number of imidazole rings is 1. The van der Waals surface area contributed by atoms with Gasteiger partial charge in [0.05, 0.1) is 0 Å². The Kier molecular flexibility index (Phi) is 2.51. The van der Waals surface area contributed by atoms with Gasteiger partial charge in [-0.15, -0.1) is 0 Å². The maximum Gasteiger partial charge on any atom is 0.110 e. The molecular weight excluding hydrogens is 222 g/mol. The van der Waals surface area contributed by atoms with Crippen molar-refractivity contribution in [2.75, 3.05) is 6.54 Å². The van der Waals surface area contributed by atoms with Gasteiger partial charge in [-0.3, -0.25) is 0 Å². The summed E-state index contributed by atoms with van der Waals surface area (Å²) in [5.74, 6) is 6.34. The molecule has 1 atom stereocenters. The first-order valence-electron chi connectivity index (χ1n) is 7.54. The van der Waals surface area contributed by atoms with E-state index in [1.165, 1.54) is 32.1 Å². The molecule has 4 aliphatic carbocycles. The molecule has 1 aromatic rings. The second-order valence-corrected chi connectivity index (χ2v) is 6.82. The Morgan fingerprint density at radius 3 is 2.33 bits per heavy atom. The van der Waals surface area contributed by atoms with Crippen molar-refractivity contribution < 1.29 is 0 Å². The van der Waals surface area contributed by atoms with Crippen LogP contribution in [0.3, 0.4) is 0 Å². The van der Waals surface area contributed by atoms with Gasteiger partial charge in [-0.1, -0.05) is 0 Å². The molecule has 1 unspecified atom stereocenters. The summed E-state index contributed by atoms with van der Waals surface area (Å²) in [4.78, 5) is 7.79. The highest BCUT2D eigenvalue weighted by atomic mass is 14.9. The maximum atomic E-state index is 6.08. The molecule has 1 heterocycles. The summed E-state index contributed by atoms with van der Waals surface area (Å²) in [5.41, 5.74) is 6.08. The van der Waals surface area contributed by atoms with E-state index in [2.05, 4.69) is 9.97 Å². The second-order valence-electron chi connectivity index (χ2n) is 6.82. The Hall–Kier alpha value is -0.830. The number of H-pyrrole nitrogens is 1. The molecule has 98 valence electrons. The lowest BCUT2D eigenvalue weighted by atomic mass is 9.49. The monoisotopic (exact) mass is 245 g/mol. The lowest BCUT2D eigenvalue weighted by Gasteiger charge is -2.56. The van der Waals surface area contributed by atoms with Gasteiger partial charge in [0.25, 0.3) is 0 Å². The van der Waals surface area contributed by atoms with E-state index in [0.29, 0.717) is 5.92 Å². The fourth-order valence-corrected chi connectivity index (χ4v) is 5.56. The summed E-state index contributed by atoms with van der Waals surface area (Å²) in [5, 5.41) is 0. The van der Waals surface area contributed by atoms with Crippen molar-refractivity contribution in [3.8, 4) is 0 Å². The van der Waals surface area contributed by atoms with Crippen LogP contribution in [-0.4, -0.2) is 16.5 Å². The minimum absolute atomic E-state index is 0.468. The van der Waals surface area contributed by atoms with Crippen LogP contribution in [0.4, 0.5) is 0 Å². The average Bonchev–Trinajstić information content (AvgIpc) is 2.86. The van der Waals surface area contributed by atoms with Crippen LogP contribution in [0, 0.1) is 29.6 Å². The number of nitrogens with one attached hydrogen (secondary N) is 1. The van der Waals surface area contributed by atoms with Gasteiger partial charge in [0, 0.05) is 24.9 Å². The third-order valence-corrected chi connectivity index (χ3v) is 5.89. The number of hydrogen-bond donors (Lipinski definition) is 2. The highest BCUT2D eigenvalue weighted by Crippen LogP contribution is 2.59. The summed E-state index contributed by atoms with van der Waals surface area (Å²) < 4.78 is 0. The topological polar surface area (TPSA) is 54.7 Å². The lowest BCUT2D eigenvalue weighted by Crippen LogP contribution is -2.48. The van der Waals surface area contributed by atoms with Crippen LogP contribution < -0.4 is 5.73 Å². The summed E-state index contributed by atoms with van der Waals surface area (Å²) in [7, 11) is 0. The van der Waals surface area contributed by atoms with E-state index < -0.39 is 0 Å². The molecule has 1 aromatic heterocycles. The maximum absolute atomic E-state index is 6.08. The highest BCUT2D eigenvalue weighted by molar-refractivity contribution is 5.08. The molecule has 0 amide bonds. The Morgan fingerprint density at radius 2 is 1.83 bits per heavy atom. The molecule has 4 bridgehead atoms. The van der Waals surface area contributed by atoms with Gasteiger partial charge >= 0.3 is 0 Å². The molecule has 4 saturated carbocycles. The van der Waals surface area contributed by atoms with Crippen LogP contribution in [0.25, 0.3) is 0 Å². The van der Waals surface area contributed by atoms with E-state index in [4.69, 9.17) is 5.73 Å². The van der Waals surface area contributed by atoms with E-state index in [-0.39, 0.29) is 0 Å². The molecule has 0 spiro atoms. The van der Waals surface area contributed by atoms with Crippen molar-refractivity contribution >= 4 is 0 Å². The molecule has 3 nitrogen and oxygen atoms in total. The minimum atomic E-state index is 0.468. The van der Waals surface area contributed by atoms with Crippen molar-refractivity contribution in [3.63, 3.8) is 0 Å². The van der Waals surface area contributed by atoms with Crippen LogP contribution in [0.15, 0.2) is 12.4 Å². The highest BCUT2D eigenvalue weighted by Gasteiger charge is 2.50. The zero-order valence-electron chi connectivity index (χ0n) is 10.9. The van der Waals surface area contributed by atoms with Gasteiger partial charge in [-0.05, 0) is 61.7 Å². The summed E-state index contributed by atoms with van der Waals surface area (Å²) in [6, 6.07) is 0. The third-order valence-electron chi connectivity index (χ3n) is 5.89.